The molecule has 0 N–H and O–H groups in total. The Morgan fingerprint density at radius 2 is 0.894 bits per heavy atom. The Morgan fingerprint density at radius 1 is 0.340 bits per heavy atom. The van der Waals surface area contributed by atoms with Crippen LogP contribution in [0.4, 0.5) is 0 Å². The van der Waals surface area contributed by atoms with Gasteiger partial charge in [-0.3, -0.25) is 0 Å². The number of rotatable bonds is 5. The van der Waals surface area contributed by atoms with Gasteiger partial charge in [0.2, 0.25) is 0 Å². The van der Waals surface area contributed by atoms with E-state index >= 15 is 0 Å². The van der Waals surface area contributed by atoms with Crippen LogP contribution in [0.5, 0.6) is 0 Å². The number of para-hydroxylation sites is 1. The van der Waals surface area contributed by atoms with Gasteiger partial charge in [-0.05, 0) is 57.3 Å². The molecule has 9 rings (SSSR count). The molecule has 0 bridgehead atoms. The molecule has 220 valence electrons. The van der Waals surface area contributed by atoms with E-state index in [0.29, 0.717) is 17.5 Å². The summed E-state index contributed by atoms with van der Waals surface area (Å²) >= 11 is 0. The quantitative estimate of drug-likeness (QED) is 0.197. The van der Waals surface area contributed by atoms with Crippen LogP contribution in [-0.2, 0) is 0 Å². The van der Waals surface area contributed by atoms with Gasteiger partial charge in [0.25, 0.3) is 0 Å². The van der Waals surface area contributed by atoms with Gasteiger partial charge >= 0.3 is 0 Å². The maximum absolute atomic E-state index is 6.53. The lowest BCUT2D eigenvalue weighted by atomic mass is 9.96. The Bertz CT molecular complexity index is 2500. The third-order valence-electron chi connectivity index (χ3n) is 8.72. The highest BCUT2D eigenvalue weighted by atomic mass is 16.3. The molecule has 2 heterocycles. The lowest BCUT2D eigenvalue weighted by molar-refractivity contribution is 0.669. The zero-order chi connectivity index (χ0) is 31.2. The Balaban J connectivity index is 1.23. The van der Waals surface area contributed by atoms with Crippen LogP contribution in [0.25, 0.3) is 89.1 Å². The fraction of sp³-hybridized carbons (Fsp3) is 0. The molecule has 47 heavy (non-hydrogen) atoms. The molecule has 0 fully saturated rings. The van der Waals surface area contributed by atoms with Gasteiger partial charge in [-0.25, -0.2) is 15.0 Å². The van der Waals surface area contributed by atoms with Gasteiger partial charge < -0.3 is 4.42 Å². The molecule has 0 aliphatic heterocycles. The fourth-order valence-corrected chi connectivity index (χ4v) is 6.31. The van der Waals surface area contributed by atoms with Crippen LogP contribution < -0.4 is 0 Å². The van der Waals surface area contributed by atoms with Gasteiger partial charge in [0.05, 0.1) is 5.56 Å². The first-order valence-electron chi connectivity index (χ1n) is 15.7. The number of nitrogens with zero attached hydrogens (tertiary/aromatic N) is 3. The van der Waals surface area contributed by atoms with Gasteiger partial charge in [-0.1, -0.05) is 140 Å². The Labute approximate surface area is 271 Å². The van der Waals surface area contributed by atoms with Crippen molar-refractivity contribution in [2.75, 3.05) is 0 Å². The zero-order valence-electron chi connectivity index (χ0n) is 25.3. The van der Waals surface area contributed by atoms with Crippen LogP contribution in [-0.4, -0.2) is 15.0 Å². The Kier molecular flexibility index (Phi) is 6.43. The predicted molar refractivity (Wildman–Crippen MR) is 192 cm³/mol. The predicted octanol–water partition coefficient (Wildman–Crippen LogP) is 11.3. The molecule has 9 aromatic rings. The van der Waals surface area contributed by atoms with Crippen molar-refractivity contribution in [3.8, 4) is 56.4 Å². The summed E-state index contributed by atoms with van der Waals surface area (Å²) in [6, 6.07) is 56.5. The lowest BCUT2D eigenvalue weighted by Gasteiger charge is -2.11. The monoisotopic (exact) mass is 601 g/mol. The summed E-state index contributed by atoms with van der Waals surface area (Å²) in [6.45, 7) is 0. The highest BCUT2D eigenvalue weighted by molar-refractivity contribution is 6.11. The maximum atomic E-state index is 6.53. The second-order valence-corrected chi connectivity index (χ2v) is 11.7. The van der Waals surface area contributed by atoms with Crippen molar-refractivity contribution < 1.29 is 4.42 Å². The van der Waals surface area contributed by atoms with E-state index in [9.17, 15) is 0 Å². The number of aromatic nitrogens is 3. The van der Waals surface area contributed by atoms with Crippen LogP contribution >= 0.6 is 0 Å². The van der Waals surface area contributed by atoms with E-state index in [1.165, 1.54) is 21.9 Å². The van der Waals surface area contributed by atoms with Gasteiger partial charge in [0.15, 0.2) is 17.5 Å². The van der Waals surface area contributed by atoms with E-state index in [0.717, 1.165) is 49.8 Å². The first-order chi connectivity index (χ1) is 23.3. The maximum Gasteiger partial charge on any atom is 0.167 e. The van der Waals surface area contributed by atoms with Crippen molar-refractivity contribution in [1.29, 1.82) is 0 Å². The molecule has 0 radical (unpaired) electrons. The molecule has 4 heteroatoms. The van der Waals surface area contributed by atoms with E-state index in [1.54, 1.807) is 0 Å². The van der Waals surface area contributed by atoms with E-state index in [-0.39, 0.29) is 0 Å². The minimum atomic E-state index is 0.566. The topological polar surface area (TPSA) is 51.8 Å². The highest BCUT2D eigenvalue weighted by Gasteiger charge is 2.19. The van der Waals surface area contributed by atoms with E-state index in [4.69, 9.17) is 19.4 Å². The summed E-state index contributed by atoms with van der Waals surface area (Å²) in [5.41, 5.74) is 8.79. The molecule has 0 aliphatic carbocycles. The van der Waals surface area contributed by atoms with E-state index in [1.807, 2.05) is 78.9 Å². The summed E-state index contributed by atoms with van der Waals surface area (Å²) < 4.78 is 6.53. The molecule has 0 saturated heterocycles. The van der Waals surface area contributed by atoms with Crippen LogP contribution in [0.2, 0.25) is 0 Å². The first-order valence-corrected chi connectivity index (χ1v) is 15.7. The summed E-state index contributed by atoms with van der Waals surface area (Å²) in [5.74, 6) is 1.80. The largest absolute Gasteiger partial charge is 0.455 e. The molecule has 4 nitrogen and oxygen atoms in total. The van der Waals surface area contributed by atoms with Crippen molar-refractivity contribution in [2.45, 2.75) is 0 Å². The lowest BCUT2D eigenvalue weighted by Crippen LogP contribution is -2.00. The smallest absolute Gasteiger partial charge is 0.167 e. The molecule has 0 saturated carbocycles. The Hall–Kier alpha value is -6.39. The number of furan rings is 1. The van der Waals surface area contributed by atoms with E-state index in [2.05, 4.69) is 84.9 Å². The Morgan fingerprint density at radius 3 is 1.60 bits per heavy atom. The minimum absolute atomic E-state index is 0.566. The second-order valence-electron chi connectivity index (χ2n) is 11.7. The van der Waals surface area contributed by atoms with Crippen molar-refractivity contribution in [3.63, 3.8) is 0 Å². The summed E-state index contributed by atoms with van der Waals surface area (Å²) in [6.07, 6.45) is 0. The van der Waals surface area contributed by atoms with Gasteiger partial charge in [0.1, 0.15) is 11.2 Å². The van der Waals surface area contributed by atoms with Crippen molar-refractivity contribution in [1.82, 2.24) is 15.0 Å². The standard InChI is InChI=1S/C43H27N3O/c1-3-12-31(13-4-1)41-44-42(32-14-5-2-6-15-32)46-43(45-41)38-27-35(26-37-36-17-9-10-18-39(36)47-40(37)38)30-21-19-29(20-22-30)34-24-23-28-11-7-8-16-33(28)25-34/h1-27H. The number of hydrogen-bond acceptors (Lipinski definition) is 4. The van der Waals surface area contributed by atoms with Gasteiger partial charge in [-0.15, -0.1) is 0 Å². The summed E-state index contributed by atoms with van der Waals surface area (Å²) in [7, 11) is 0. The van der Waals surface area contributed by atoms with Crippen LogP contribution in [0.1, 0.15) is 0 Å². The van der Waals surface area contributed by atoms with Crippen molar-refractivity contribution in [2.24, 2.45) is 0 Å². The summed E-state index contributed by atoms with van der Waals surface area (Å²) in [4.78, 5) is 15.0. The fourth-order valence-electron chi connectivity index (χ4n) is 6.31. The molecule has 0 atom stereocenters. The third kappa shape index (κ3) is 4.93. The molecular formula is C43H27N3O. The SMILES string of the molecule is c1ccc(-c2nc(-c3ccccc3)nc(-c3cc(-c4ccc(-c5ccc6ccccc6c5)cc4)cc4c3oc3ccccc34)n2)cc1. The second kappa shape index (κ2) is 11.2. The molecule has 2 aromatic heterocycles. The normalized spacial score (nSPS) is 11.4. The van der Waals surface area contributed by atoms with Crippen LogP contribution in [0.3, 0.4) is 0 Å². The average molecular weight is 602 g/mol. The van der Waals surface area contributed by atoms with Crippen LogP contribution in [0, 0.1) is 0 Å². The molecule has 0 unspecified atom stereocenters. The number of hydrogen-bond donors (Lipinski definition) is 0. The van der Waals surface area contributed by atoms with Crippen LogP contribution in [0.15, 0.2) is 168 Å². The van der Waals surface area contributed by atoms with Crippen molar-refractivity contribution >= 4 is 32.7 Å². The van der Waals surface area contributed by atoms with Gasteiger partial charge in [-0.2, -0.15) is 0 Å². The molecule has 0 spiro atoms. The number of fused-ring (bicyclic) bond motifs is 4. The van der Waals surface area contributed by atoms with Gasteiger partial charge in [0, 0.05) is 21.9 Å². The molecule has 0 aliphatic rings. The van der Waals surface area contributed by atoms with E-state index < -0.39 is 0 Å². The average Bonchev–Trinajstić information content (AvgIpc) is 3.53. The minimum Gasteiger partial charge on any atom is -0.455 e. The number of benzene rings is 7. The molecule has 0 amide bonds. The molecular weight excluding hydrogens is 574 g/mol. The van der Waals surface area contributed by atoms with Crippen molar-refractivity contribution in [3.05, 3.63) is 164 Å². The third-order valence-corrected chi connectivity index (χ3v) is 8.72. The molecule has 7 aromatic carbocycles. The highest BCUT2D eigenvalue weighted by Crippen LogP contribution is 2.40. The summed E-state index contributed by atoms with van der Waals surface area (Å²) in [5, 5.41) is 4.55. The zero-order valence-corrected chi connectivity index (χ0v) is 25.3. The first kappa shape index (κ1) is 27.0.